The number of ether oxygens (including phenoxy) is 1. The van der Waals surface area contributed by atoms with E-state index in [-0.39, 0.29) is 0 Å². The van der Waals surface area contributed by atoms with Gasteiger partial charge in [0, 0.05) is 13.0 Å². The van der Waals surface area contributed by atoms with Crippen molar-refractivity contribution in [1.29, 1.82) is 0 Å². The van der Waals surface area contributed by atoms with Gasteiger partial charge in [-0.2, -0.15) is 0 Å². The van der Waals surface area contributed by atoms with E-state index in [0.29, 0.717) is 20.8 Å². The molecule has 1 aliphatic heterocycles. The van der Waals surface area contributed by atoms with Crippen molar-refractivity contribution in [3.8, 4) is 11.5 Å². The Balaban J connectivity index is 0.000000213. The van der Waals surface area contributed by atoms with E-state index in [0.717, 1.165) is 12.7 Å². The Labute approximate surface area is 95.1 Å². The highest BCUT2D eigenvalue weighted by Gasteiger charge is 2.27. The number of carboxylic acid groups (broad SMARTS) is 1. The van der Waals surface area contributed by atoms with Crippen LogP contribution in [-0.2, 0) is 4.79 Å². The second-order valence-corrected chi connectivity index (χ2v) is 3.60. The fourth-order valence-corrected chi connectivity index (χ4v) is 1.33. The van der Waals surface area contributed by atoms with Crippen LogP contribution in [0.1, 0.15) is 6.92 Å². The first-order valence-electron chi connectivity index (χ1n) is 3.48. The van der Waals surface area contributed by atoms with Gasteiger partial charge in [-0.1, -0.05) is 34.8 Å². The molecule has 2 rings (SSSR count). The quantitative estimate of drug-likeness (QED) is 0.575. The largest absolute Gasteiger partial charge is 0.481 e. The highest BCUT2D eigenvalue weighted by molar-refractivity contribution is 6.49. The molecule has 1 heterocycles. The van der Waals surface area contributed by atoms with E-state index in [1.54, 1.807) is 6.07 Å². The van der Waals surface area contributed by atoms with E-state index in [4.69, 9.17) is 49.4 Å². The number of halogens is 3. The van der Waals surface area contributed by atoms with Gasteiger partial charge in [0.15, 0.2) is 11.5 Å². The number of aliphatic carboxylic acids is 1. The maximum absolute atomic E-state index is 9.00. The summed E-state index contributed by atoms with van der Waals surface area (Å²) in [5.41, 5.74) is 0. The van der Waals surface area contributed by atoms with Crippen LogP contribution in [-0.4, -0.2) is 11.1 Å². The number of benzene rings is 1. The van der Waals surface area contributed by atoms with Crippen LogP contribution < -0.4 is 4.74 Å². The van der Waals surface area contributed by atoms with Crippen LogP contribution >= 0.6 is 34.8 Å². The average molecular weight is 255 g/mol. The lowest BCUT2D eigenvalue weighted by Gasteiger charge is -1.90. The molecule has 0 saturated carbocycles. The van der Waals surface area contributed by atoms with Gasteiger partial charge in [-0.05, 0) is 0 Å². The van der Waals surface area contributed by atoms with Crippen LogP contribution in [0.15, 0.2) is 6.07 Å². The van der Waals surface area contributed by atoms with Gasteiger partial charge in [0.1, 0.15) is 5.02 Å². The van der Waals surface area contributed by atoms with E-state index in [1.807, 2.05) is 0 Å². The van der Waals surface area contributed by atoms with Crippen molar-refractivity contribution < 1.29 is 14.6 Å². The molecule has 14 heavy (non-hydrogen) atoms. The average Bonchev–Trinajstić information content (AvgIpc) is 2.78. The lowest BCUT2D eigenvalue weighted by Crippen LogP contribution is -1.78. The molecule has 0 fully saturated rings. The van der Waals surface area contributed by atoms with Crippen LogP contribution in [0.2, 0.25) is 15.1 Å². The molecule has 1 N–H and O–H groups in total. The zero-order valence-corrected chi connectivity index (χ0v) is 9.24. The molecule has 0 atom stereocenters. The first-order valence-corrected chi connectivity index (χ1v) is 4.61. The number of carboxylic acids is 1. The fraction of sp³-hybridized carbons (Fsp3) is 0.125. The van der Waals surface area contributed by atoms with E-state index < -0.39 is 5.97 Å². The molecule has 1 aromatic rings. The molecular weight excluding hydrogens is 250 g/mol. The van der Waals surface area contributed by atoms with Gasteiger partial charge in [-0.25, -0.2) is 0 Å². The number of fused-ring (bicyclic) bond motifs is 1. The van der Waals surface area contributed by atoms with Gasteiger partial charge in [0.25, 0.3) is 5.97 Å². The van der Waals surface area contributed by atoms with Crippen molar-refractivity contribution in [1.82, 2.24) is 0 Å². The molecule has 3 nitrogen and oxygen atoms in total. The van der Waals surface area contributed by atoms with Crippen molar-refractivity contribution in [3.63, 3.8) is 0 Å². The lowest BCUT2D eigenvalue weighted by atomic mass is 10.4. The summed E-state index contributed by atoms with van der Waals surface area (Å²) in [6, 6.07) is 1.64. The van der Waals surface area contributed by atoms with Crippen molar-refractivity contribution in [2.75, 3.05) is 0 Å². The highest BCUT2D eigenvalue weighted by Crippen LogP contribution is 2.55. The van der Waals surface area contributed by atoms with E-state index in [1.165, 1.54) is 0 Å². The summed E-state index contributed by atoms with van der Waals surface area (Å²) < 4.78 is 4.93. The molecule has 6 heteroatoms. The number of hydrogen-bond donors (Lipinski definition) is 1. The van der Waals surface area contributed by atoms with E-state index in [2.05, 4.69) is 0 Å². The predicted octanol–water partition coefficient (Wildman–Crippen LogP) is 3.84. The Morgan fingerprint density at radius 3 is 2.36 bits per heavy atom. The summed E-state index contributed by atoms with van der Waals surface area (Å²) in [4.78, 5) is 9.00. The van der Waals surface area contributed by atoms with Crippen molar-refractivity contribution >= 4 is 40.8 Å². The Bertz CT molecular complexity index is 383. The Morgan fingerprint density at radius 1 is 1.36 bits per heavy atom. The van der Waals surface area contributed by atoms with Crippen molar-refractivity contribution in [2.24, 2.45) is 0 Å². The van der Waals surface area contributed by atoms with Gasteiger partial charge in [0.05, 0.1) is 10.0 Å². The third-order valence-electron chi connectivity index (χ3n) is 1.25. The number of rotatable bonds is 0. The molecule has 0 saturated heterocycles. The zero-order chi connectivity index (χ0) is 10.9. The standard InChI is InChI=1S/C6HCl3O.C2H4O2/c7-2-1-3-6(10-3)5(9)4(2)8;1-2(3)4/h1H;1H3,(H,3,4). The molecule has 0 amide bonds. The summed E-state index contributed by atoms with van der Waals surface area (Å²) in [5.74, 6) is 0.537. The van der Waals surface area contributed by atoms with Crippen LogP contribution in [0.3, 0.4) is 0 Å². The van der Waals surface area contributed by atoms with Gasteiger partial charge < -0.3 is 9.84 Å². The SMILES string of the molecule is CC(=O)O.Clc1cc2c(c(Cl)c1Cl)O2. The monoisotopic (exact) mass is 254 g/mol. The van der Waals surface area contributed by atoms with Crippen LogP contribution in [0.25, 0.3) is 0 Å². The third kappa shape index (κ3) is 2.67. The minimum Gasteiger partial charge on any atom is -0.481 e. The molecule has 0 unspecified atom stereocenters. The van der Waals surface area contributed by atoms with Gasteiger partial charge in [-0.3, -0.25) is 4.79 Å². The maximum atomic E-state index is 9.00. The first-order chi connectivity index (χ1) is 6.43. The van der Waals surface area contributed by atoms with Crippen molar-refractivity contribution in [2.45, 2.75) is 6.92 Å². The molecule has 1 aliphatic rings. The molecular formula is C8H5Cl3O3. The molecule has 0 aromatic heterocycles. The smallest absolute Gasteiger partial charge is 0.300 e. The number of carbonyl (C=O) groups is 1. The predicted molar refractivity (Wildman–Crippen MR) is 54.9 cm³/mol. The topological polar surface area (TPSA) is 49.8 Å². The van der Waals surface area contributed by atoms with Crippen molar-refractivity contribution in [3.05, 3.63) is 21.1 Å². The van der Waals surface area contributed by atoms with Gasteiger partial charge in [0.2, 0.25) is 0 Å². The molecule has 0 aliphatic carbocycles. The second-order valence-electron chi connectivity index (χ2n) is 2.43. The summed E-state index contributed by atoms with van der Waals surface area (Å²) in [6.07, 6.45) is 0. The normalized spacial score (nSPS) is 10.6. The molecule has 0 bridgehead atoms. The minimum atomic E-state index is -0.833. The summed E-state index contributed by atoms with van der Waals surface area (Å²) >= 11 is 17.0. The summed E-state index contributed by atoms with van der Waals surface area (Å²) in [5, 5.41) is 8.62. The number of hydrogen-bond acceptors (Lipinski definition) is 2. The van der Waals surface area contributed by atoms with Crippen LogP contribution in [0.5, 0.6) is 11.5 Å². The van der Waals surface area contributed by atoms with Gasteiger partial charge >= 0.3 is 0 Å². The van der Waals surface area contributed by atoms with Crippen LogP contribution in [0, 0.1) is 0 Å². The van der Waals surface area contributed by atoms with E-state index >= 15 is 0 Å². The summed E-state index contributed by atoms with van der Waals surface area (Å²) in [6.45, 7) is 1.08. The highest BCUT2D eigenvalue weighted by atomic mass is 35.5. The zero-order valence-electron chi connectivity index (χ0n) is 6.97. The Hall–Kier alpha value is -0.640. The molecule has 76 valence electrons. The maximum Gasteiger partial charge on any atom is 0.300 e. The van der Waals surface area contributed by atoms with E-state index in [9.17, 15) is 0 Å². The molecule has 0 spiro atoms. The fourth-order valence-electron chi connectivity index (χ4n) is 0.715. The summed E-state index contributed by atoms with van der Waals surface area (Å²) in [7, 11) is 0. The second kappa shape index (κ2) is 4.26. The lowest BCUT2D eigenvalue weighted by molar-refractivity contribution is -0.134. The van der Waals surface area contributed by atoms with Gasteiger partial charge in [-0.15, -0.1) is 0 Å². The molecule has 1 aromatic carbocycles. The first kappa shape index (κ1) is 11.4. The minimum absolute atomic E-state index is 0.361. The Morgan fingerprint density at radius 2 is 1.86 bits per heavy atom. The third-order valence-corrected chi connectivity index (χ3v) is 2.50. The molecule has 0 radical (unpaired) electrons. The Kier molecular flexibility index (Phi) is 3.48. The van der Waals surface area contributed by atoms with Crippen LogP contribution in [0.4, 0.5) is 0 Å².